The molecule has 0 saturated heterocycles. The highest BCUT2D eigenvalue weighted by Crippen LogP contribution is 2.52. The predicted molar refractivity (Wildman–Crippen MR) is 89.1 cm³/mol. The quantitative estimate of drug-likeness (QED) is 0.180. The van der Waals surface area contributed by atoms with E-state index < -0.39 is 76.2 Å². The average molecular weight is 503 g/mol. The molecule has 0 saturated carbocycles. The molecule has 188 valence electrons. The second-order valence-corrected chi connectivity index (χ2v) is 9.57. The van der Waals surface area contributed by atoms with Gasteiger partial charge in [0.1, 0.15) is 6.54 Å². The molecule has 0 fully saturated rings. The molecule has 31 heavy (non-hydrogen) atoms. The van der Waals surface area contributed by atoms with Crippen molar-refractivity contribution >= 4 is 10.0 Å². The van der Waals surface area contributed by atoms with Gasteiger partial charge < -0.3 is 0 Å². The van der Waals surface area contributed by atoms with E-state index in [4.69, 9.17) is 0 Å². The fraction of sp³-hybridized carbons (Fsp3) is 1.00. The summed E-state index contributed by atoms with van der Waals surface area (Å²) in [6.07, 6.45) is -24.0. The Morgan fingerprint density at radius 3 is 1.74 bits per heavy atom. The first-order chi connectivity index (χ1) is 13.5. The van der Waals surface area contributed by atoms with Crippen molar-refractivity contribution in [2.24, 2.45) is 5.92 Å². The van der Waals surface area contributed by atoms with Crippen molar-refractivity contribution in [3.05, 3.63) is 0 Å². The summed E-state index contributed by atoms with van der Waals surface area (Å²) < 4.78 is 153. The van der Waals surface area contributed by atoms with E-state index in [0.717, 1.165) is 0 Å². The van der Waals surface area contributed by atoms with Crippen molar-refractivity contribution in [2.45, 2.75) is 56.3 Å². The average Bonchev–Trinajstić information content (AvgIpc) is 2.50. The summed E-state index contributed by atoms with van der Waals surface area (Å²) in [5.41, 5.74) is -6.05. The van der Waals surface area contributed by atoms with Crippen molar-refractivity contribution < 1.29 is 62.2 Å². The van der Waals surface area contributed by atoms with Gasteiger partial charge in [-0.1, -0.05) is 6.42 Å². The Morgan fingerprint density at radius 1 is 0.871 bits per heavy atom. The zero-order valence-corrected chi connectivity index (χ0v) is 17.4. The lowest BCUT2D eigenvalue weighted by molar-refractivity contribution is -1.07. The van der Waals surface area contributed by atoms with E-state index in [2.05, 4.69) is 4.72 Å². The number of quaternary nitrogens is 1. The third kappa shape index (κ3) is 10.5. The molecule has 0 aliphatic carbocycles. The second-order valence-electron chi connectivity index (χ2n) is 7.65. The SMILES string of the molecule is C[N+](C)(O)CCCNS(=O)(=O)CCCCC(CC(F)(C(F)(F)F)C(F)(F)F)C(F)(F)F. The zero-order chi connectivity index (χ0) is 24.9. The number of sulfonamides is 1. The highest BCUT2D eigenvalue weighted by Gasteiger charge is 2.73. The first-order valence-electron chi connectivity index (χ1n) is 8.94. The van der Waals surface area contributed by atoms with Gasteiger partial charge in [-0.2, -0.15) is 44.2 Å². The lowest BCUT2D eigenvalue weighted by Crippen LogP contribution is -2.55. The smallest absolute Gasteiger partial charge is 0.224 e. The van der Waals surface area contributed by atoms with E-state index in [1.54, 1.807) is 0 Å². The molecule has 0 bridgehead atoms. The monoisotopic (exact) mass is 503 g/mol. The fourth-order valence-corrected chi connectivity index (χ4v) is 3.75. The Hall–Kier alpha value is -0.870. The third-order valence-electron chi connectivity index (χ3n) is 4.31. The van der Waals surface area contributed by atoms with Crippen LogP contribution in [-0.4, -0.2) is 75.4 Å². The molecule has 0 heterocycles. The van der Waals surface area contributed by atoms with Crippen LogP contribution in [0.15, 0.2) is 0 Å². The summed E-state index contributed by atoms with van der Waals surface area (Å²) in [6, 6.07) is 0. The van der Waals surface area contributed by atoms with Crippen LogP contribution in [0.5, 0.6) is 0 Å². The molecule has 0 aliphatic rings. The molecule has 0 spiro atoms. The van der Waals surface area contributed by atoms with E-state index in [-0.39, 0.29) is 19.5 Å². The minimum atomic E-state index is -6.61. The number of nitrogens with one attached hydrogen (secondary N) is 1. The van der Waals surface area contributed by atoms with E-state index in [1.807, 2.05) is 0 Å². The van der Waals surface area contributed by atoms with E-state index in [0.29, 0.717) is 0 Å². The summed E-state index contributed by atoms with van der Waals surface area (Å²) in [7, 11) is -1.12. The Kier molecular flexibility index (Phi) is 10.1. The molecule has 1 atom stereocenters. The van der Waals surface area contributed by atoms with E-state index in [9.17, 15) is 57.5 Å². The molecule has 5 nitrogen and oxygen atoms in total. The number of hydroxylamine groups is 3. The van der Waals surface area contributed by atoms with Gasteiger partial charge in [0.15, 0.2) is 0 Å². The number of halogens is 10. The molecule has 0 aliphatic heterocycles. The van der Waals surface area contributed by atoms with Gasteiger partial charge in [-0.15, -0.1) is 0 Å². The molecule has 0 aromatic heterocycles. The highest BCUT2D eigenvalue weighted by atomic mass is 32.2. The lowest BCUT2D eigenvalue weighted by Gasteiger charge is -2.33. The molecule has 0 radical (unpaired) electrons. The highest BCUT2D eigenvalue weighted by molar-refractivity contribution is 7.89. The molecule has 0 aromatic rings. The first-order valence-corrected chi connectivity index (χ1v) is 10.6. The number of hydrogen-bond donors (Lipinski definition) is 2. The van der Waals surface area contributed by atoms with Crippen molar-refractivity contribution in [1.29, 1.82) is 0 Å². The minimum Gasteiger partial charge on any atom is -0.224 e. The number of unbranched alkanes of at least 4 members (excludes halogenated alkanes) is 1. The van der Waals surface area contributed by atoms with Gasteiger partial charge in [0.05, 0.1) is 25.8 Å². The standard InChI is InChI=1S/C15H25F10N2O3S/c1-27(2,28)8-5-7-26-31(29,30)9-4-3-6-11(13(17,18)19)10-12(16,14(20,21)22)15(23,24)25/h11,26,28H,3-10H2,1-2H3/q+1. The van der Waals surface area contributed by atoms with Gasteiger partial charge in [0.25, 0.3) is 5.67 Å². The Labute approximate surface area is 173 Å². The number of nitrogens with zero attached hydrogens (tertiary/aromatic N) is 1. The molecular weight excluding hydrogens is 478 g/mol. The molecule has 16 heteroatoms. The van der Waals surface area contributed by atoms with Gasteiger partial charge >= 0.3 is 18.5 Å². The zero-order valence-electron chi connectivity index (χ0n) is 16.6. The fourth-order valence-electron chi connectivity index (χ4n) is 2.56. The van der Waals surface area contributed by atoms with Crippen molar-refractivity contribution in [2.75, 3.05) is 32.9 Å². The van der Waals surface area contributed by atoms with Crippen LogP contribution in [0.3, 0.4) is 0 Å². The van der Waals surface area contributed by atoms with Crippen LogP contribution in [0.2, 0.25) is 0 Å². The Morgan fingerprint density at radius 2 is 1.35 bits per heavy atom. The summed E-state index contributed by atoms with van der Waals surface area (Å²) in [4.78, 5) is 0. The molecule has 0 amide bonds. The van der Waals surface area contributed by atoms with Crippen LogP contribution >= 0.6 is 0 Å². The minimum absolute atomic E-state index is 0.0999. The molecular formula is C15H25F10N2O3S+. The predicted octanol–water partition coefficient (Wildman–Crippen LogP) is 4.33. The van der Waals surface area contributed by atoms with Crippen LogP contribution in [0, 0.1) is 5.92 Å². The normalized spacial score (nSPS) is 15.9. The van der Waals surface area contributed by atoms with Gasteiger partial charge in [-0.3, -0.25) is 0 Å². The molecule has 0 rings (SSSR count). The van der Waals surface area contributed by atoms with Crippen LogP contribution in [0.25, 0.3) is 0 Å². The largest absolute Gasteiger partial charge is 0.431 e. The topological polar surface area (TPSA) is 66.4 Å². The second kappa shape index (κ2) is 10.4. The lowest BCUT2D eigenvalue weighted by atomic mass is 9.87. The number of hydrogen-bond acceptors (Lipinski definition) is 3. The molecule has 1 unspecified atom stereocenters. The van der Waals surface area contributed by atoms with Gasteiger partial charge in [-0.05, 0) is 12.8 Å². The van der Waals surface area contributed by atoms with Crippen molar-refractivity contribution in [3.63, 3.8) is 0 Å². The Bertz CT molecular complexity index is 640. The van der Waals surface area contributed by atoms with Crippen molar-refractivity contribution in [3.8, 4) is 0 Å². The van der Waals surface area contributed by atoms with Crippen LogP contribution in [0.1, 0.15) is 32.1 Å². The molecule has 0 aromatic carbocycles. The first kappa shape index (κ1) is 30.1. The van der Waals surface area contributed by atoms with Gasteiger partial charge in [-0.25, -0.2) is 22.7 Å². The van der Waals surface area contributed by atoms with E-state index in [1.165, 1.54) is 14.1 Å². The summed E-state index contributed by atoms with van der Waals surface area (Å²) in [6.45, 7) is 0.0798. The van der Waals surface area contributed by atoms with Gasteiger partial charge in [0, 0.05) is 19.4 Å². The van der Waals surface area contributed by atoms with Crippen LogP contribution in [0.4, 0.5) is 43.9 Å². The Balaban J connectivity index is 4.91. The maximum absolute atomic E-state index is 13.7. The van der Waals surface area contributed by atoms with E-state index >= 15 is 0 Å². The van der Waals surface area contributed by atoms with Crippen LogP contribution < -0.4 is 4.72 Å². The summed E-state index contributed by atoms with van der Waals surface area (Å²) >= 11 is 0. The summed E-state index contributed by atoms with van der Waals surface area (Å²) in [5, 5.41) is 9.42. The third-order valence-corrected chi connectivity index (χ3v) is 5.78. The number of rotatable bonds is 12. The maximum atomic E-state index is 13.7. The maximum Gasteiger partial charge on any atom is 0.431 e. The molecule has 2 N–H and O–H groups in total. The van der Waals surface area contributed by atoms with Crippen LogP contribution in [-0.2, 0) is 10.0 Å². The van der Waals surface area contributed by atoms with Gasteiger partial charge in [0.2, 0.25) is 10.0 Å². The number of alkyl halides is 10. The summed E-state index contributed by atoms with van der Waals surface area (Å²) in [5.74, 6) is -4.00. The van der Waals surface area contributed by atoms with Crippen molar-refractivity contribution in [1.82, 2.24) is 4.72 Å².